The molecule has 0 spiro atoms. The van der Waals surface area contributed by atoms with Gasteiger partial charge in [-0.15, -0.1) is 0 Å². The molecule has 0 atom stereocenters. The van der Waals surface area contributed by atoms with Gasteiger partial charge in [0.1, 0.15) is 17.3 Å². The van der Waals surface area contributed by atoms with Gasteiger partial charge in [-0.05, 0) is 22.2 Å². The molecular weight excluding hydrogens is 330 g/mol. The van der Waals surface area contributed by atoms with E-state index < -0.39 is 10.0 Å². The lowest BCUT2D eigenvalue weighted by atomic mass is 10.5. The van der Waals surface area contributed by atoms with Crippen molar-refractivity contribution in [1.82, 2.24) is 4.31 Å². The Morgan fingerprint density at radius 2 is 2.24 bits per heavy atom. The van der Waals surface area contributed by atoms with E-state index in [1.807, 2.05) is 6.26 Å². The third-order valence-corrected chi connectivity index (χ3v) is 5.47. The van der Waals surface area contributed by atoms with Crippen LogP contribution in [0.25, 0.3) is 0 Å². The van der Waals surface area contributed by atoms with Gasteiger partial charge in [-0.25, -0.2) is 8.42 Å². The minimum atomic E-state index is -3.56. The quantitative estimate of drug-likeness (QED) is 0.847. The lowest BCUT2D eigenvalue weighted by molar-refractivity contribution is 0.245. The highest BCUT2D eigenvalue weighted by atomic mass is 79.9. The van der Waals surface area contributed by atoms with Crippen molar-refractivity contribution < 1.29 is 17.9 Å². The second-order valence-corrected chi connectivity index (χ2v) is 7.05. The van der Waals surface area contributed by atoms with Gasteiger partial charge < -0.3 is 9.52 Å². The van der Waals surface area contributed by atoms with Crippen LogP contribution in [0.4, 0.5) is 0 Å². The van der Waals surface area contributed by atoms with Crippen LogP contribution >= 0.6 is 27.7 Å². The highest BCUT2D eigenvalue weighted by Gasteiger charge is 2.26. The van der Waals surface area contributed by atoms with Gasteiger partial charge in [0.05, 0.1) is 0 Å². The molecule has 1 aromatic rings. The van der Waals surface area contributed by atoms with E-state index in [1.165, 1.54) is 17.4 Å². The molecule has 0 fully saturated rings. The van der Waals surface area contributed by atoms with E-state index in [0.717, 1.165) is 5.75 Å². The van der Waals surface area contributed by atoms with Crippen molar-refractivity contribution in [2.75, 3.05) is 25.6 Å². The molecule has 8 heteroatoms. The van der Waals surface area contributed by atoms with Crippen LogP contribution in [0.15, 0.2) is 20.0 Å². The fourth-order valence-corrected chi connectivity index (χ4v) is 3.86. The van der Waals surface area contributed by atoms with Crippen LogP contribution in [0, 0.1) is 0 Å². The van der Waals surface area contributed by atoms with Crippen LogP contribution in [0.1, 0.15) is 5.76 Å². The average Bonchev–Trinajstić information content (AvgIpc) is 2.67. The van der Waals surface area contributed by atoms with Crippen LogP contribution in [0.3, 0.4) is 0 Å². The molecule has 1 N–H and O–H groups in total. The molecule has 1 heterocycles. The van der Waals surface area contributed by atoms with E-state index in [4.69, 9.17) is 9.52 Å². The normalized spacial score (nSPS) is 12.3. The van der Waals surface area contributed by atoms with Crippen molar-refractivity contribution in [3.8, 4) is 0 Å². The molecule has 0 unspecified atom stereocenters. The average molecular weight is 344 g/mol. The SMILES string of the molecule is CSCCN(C)S(=O)(=O)c1cc(CO)oc1Br. The van der Waals surface area contributed by atoms with Crippen LogP contribution < -0.4 is 0 Å². The van der Waals surface area contributed by atoms with Crippen LogP contribution in [0.2, 0.25) is 0 Å². The third-order valence-electron chi connectivity index (χ3n) is 2.16. The van der Waals surface area contributed by atoms with E-state index in [2.05, 4.69) is 15.9 Å². The van der Waals surface area contributed by atoms with Gasteiger partial charge in [-0.1, -0.05) is 0 Å². The van der Waals surface area contributed by atoms with Gasteiger partial charge in [0.25, 0.3) is 0 Å². The maximum Gasteiger partial charge on any atom is 0.247 e. The Morgan fingerprint density at radius 3 is 2.71 bits per heavy atom. The largest absolute Gasteiger partial charge is 0.450 e. The summed E-state index contributed by atoms with van der Waals surface area (Å²) in [6.07, 6.45) is 1.91. The predicted molar refractivity (Wildman–Crippen MR) is 70.5 cm³/mol. The van der Waals surface area contributed by atoms with Crippen molar-refractivity contribution in [3.05, 3.63) is 16.5 Å². The molecule has 0 aliphatic rings. The molecule has 0 aromatic carbocycles. The van der Waals surface area contributed by atoms with E-state index >= 15 is 0 Å². The predicted octanol–water partition coefficient (Wildman–Crippen LogP) is 1.52. The molecule has 0 radical (unpaired) electrons. The number of rotatable bonds is 6. The highest BCUT2D eigenvalue weighted by Crippen LogP contribution is 2.28. The first-order valence-electron chi connectivity index (χ1n) is 4.77. The first-order chi connectivity index (χ1) is 7.93. The number of hydrogen-bond acceptors (Lipinski definition) is 5. The molecule has 0 saturated heterocycles. The summed E-state index contributed by atoms with van der Waals surface area (Å²) in [5.41, 5.74) is 0. The van der Waals surface area contributed by atoms with Crippen molar-refractivity contribution in [1.29, 1.82) is 0 Å². The van der Waals surface area contributed by atoms with Gasteiger partial charge >= 0.3 is 0 Å². The highest BCUT2D eigenvalue weighted by molar-refractivity contribution is 9.10. The molecule has 0 amide bonds. The molecule has 0 aliphatic carbocycles. The van der Waals surface area contributed by atoms with E-state index in [1.54, 1.807) is 11.8 Å². The Kier molecular flexibility index (Phi) is 5.52. The van der Waals surface area contributed by atoms with Crippen LogP contribution in [-0.2, 0) is 16.6 Å². The second kappa shape index (κ2) is 6.24. The molecule has 0 saturated carbocycles. The molecule has 0 aliphatic heterocycles. The first-order valence-corrected chi connectivity index (χ1v) is 8.40. The number of sulfonamides is 1. The summed E-state index contributed by atoms with van der Waals surface area (Å²) in [6, 6.07) is 1.33. The number of thioether (sulfide) groups is 1. The third kappa shape index (κ3) is 3.47. The van der Waals surface area contributed by atoms with Crippen LogP contribution in [0.5, 0.6) is 0 Å². The molecule has 17 heavy (non-hydrogen) atoms. The number of aliphatic hydroxyl groups is 1. The number of nitrogens with zero attached hydrogens (tertiary/aromatic N) is 1. The fourth-order valence-electron chi connectivity index (χ4n) is 1.16. The van der Waals surface area contributed by atoms with Crippen molar-refractivity contribution >= 4 is 37.7 Å². The number of furan rings is 1. The van der Waals surface area contributed by atoms with E-state index in [9.17, 15) is 8.42 Å². The summed E-state index contributed by atoms with van der Waals surface area (Å²) < 4.78 is 30.7. The zero-order valence-electron chi connectivity index (χ0n) is 9.51. The Morgan fingerprint density at radius 1 is 1.59 bits per heavy atom. The molecule has 98 valence electrons. The standard InChI is InChI=1S/C9H14BrNO4S2/c1-11(3-4-16-2)17(13,14)8-5-7(6-12)15-9(8)10/h5,12H,3-4,6H2,1-2H3. The van der Waals surface area contributed by atoms with Gasteiger partial charge in [0, 0.05) is 25.4 Å². The van der Waals surface area contributed by atoms with Gasteiger partial charge in [-0.3, -0.25) is 0 Å². The number of aliphatic hydroxyl groups excluding tert-OH is 1. The maximum absolute atomic E-state index is 12.1. The topological polar surface area (TPSA) is 70.8 Å². The lowest BCUT2D eigenvalue weighted by Gasteiger charge is -2.15. The lowest BCUT2D eigenvalue weighted by Crippen LogP contribution is -2.29. The molecule has 0 bridgehead atoms. The molecule has 5 nitrogen and oxygen atoms in total. The minimum Gasteiger partial charge on any atom is -0.450 e. The monoisotopic (exact) mass is 343 g/mol. The zero-order chi connectivity index (χ0) is 13.1. The summed E-state index contributed by atoms with van der Waals surface area (Å²) >= 11 is 4.62. The summed E-state index contributed by atoms with van der Waals surface area (Å²) in [4.78, 5) is 0.0464. The molecular formula is C9H14BrNO4S2. The Balaban J connectivity index is 2.99. The van der Waals surface area contributed by atoms with E-state index in [-0.39, 0.29) is 21.9 Å². The summed E-state index contributed by atoms with van der Waals surface area (Å²) in [6.45, 7) is 0.0955. The Hall–Kier alpha value is -0.0200. The molecule has 1 aromatic heterocycles. The van der Waals surface area contributed by atoms with Crippen molar-refractivity contribution in [2.45, 2.75) is 11.5 Å². The van der Waals surface area contributed by atoms with Crippen LogP contribution in [-0.4, -0.2) is 43.4 Å². The first kappa shape index (κ1) is 15.0. The number of hydrogen-bond donors (Lipinski definition) is 1. The fraction of sp³-hybridized carbons (Fsp3) is 0.556. The summed E-state index contributed by atoms with van der Waals surface area (Å²) in [5.74, 6) is 0.937. The Bertz CT molecular complexity index is 471. The number of halogens is 1. The van der Waals surface area contributed by atoms with Gasteiger partial charge in [0.15, 0.2) is 4.67 Å². The van der Waals surface area contributed by atoms with E-state index in [0.29, 0.717) is 6.54 Å². The minimum absolute atomic E-state index is 0.0464. The second-order valence-electron chi connectivity index (χ2n) is 3.33. The Labute approximate surface area is 113 Å². The molecule has 1 rings (SSSR count). The maximum atomic E-state index is 12.1. The van der Waals surface area contributed by atoms with Gasteiger partial charge in [0.2, 0.25) is 10.0 Å². The van der Waals surface area contributed by atoms with Gasteiger partial charge in [-0.2, -0.15) is 16.1 Å². The van der Waals surface area contributed by atoms with Crippen molar-refractivity contribution in [3.63, 3.8) is 0 Å². The zero-order valence-corrected chi connectivity index (χ0v) is 12.7. The summed E-state index contributed by atoms with van der Waals surface area (Å²) in [7, 11) is -2.05. The smallest absolute Gasteiger partial charge is 0.247 e. The van der Waals surface area contributed by atoms with Crippen molar-refractivity contribution in [2.24, 2.45) is 0 Å². The summed E-state index contributed by atoms with van der Waals surface area (Å²) in [5, 5.41) is 8.89.